The first-order valence-corrected chi connectivity index (χ1v) is 15.7. The molecule has 198 valence electrons. The highest BCUT2D eigenvalue weighted by atomic mass is 31.2. The number of hydrogen-bond donors (Lipinski definition) is 0. The normalized spacial score (nSPS) is 13.0. The van der Waals surface area contributed by atoms with Gasteiger partial charge in [-0.3, -0.25) is 9.97 Å². The van der Waals surface area contributed by atoms with Gasteiger partial charge in [0, 0.05) is 44.5 Å². The lowest BCUT2D eigenvalue weighted by Gasteiger charge is -2.22. The van der Waals surface area contributed by atoms with E-state index in [1.165, 1.54) is 0 Å². The second-order valence-electron chi connectivity index (χ2n) is 10.6. The lowest BCUT2D eigenvalue weighted by molar-refractivity contribution is 0.592. The highest BCUT2D eigenvalue weighted by molar-refractivity contribution is 7.85. The first kappa shape index (κ1) is 24.7. The second-order valence-corrected chi connectivity index (χ2v) is 13.3. The molecule has 1 unspecified atom stereocenters. The summed E-state index contributed by atoms with van der Waals surface area (Å²) >= 11 is 0. The van der Waals surface area contributed by atoms with Gasteiger partial charge in [-0.05, 0) is 45.5 Å². The fraction of sp³-hybridized carbons (Fsp3) is 0. The van der Waals surface area contributed by atoms with Gasteiger partial charge in [0.05, 0.1) is 11.0 Å². The third-order valence-corrected chi connectivity index (χ3v) is 11.3. The average Bonchev–Trinajstić information content (AvgIpc) is 3.07. The number of rotatable bonds is 4. The summed E-state index contributed by atoms with van der Waals surface area (Å²) in [6, 6.07) is 47.1. The summed E-state index contributed by atoms with van der Waals surface area (Å²) in [4.78, 5) is 9.51. The maximum Gasteiger partial charge on any atom is 0.171 e. The zero-order chi connectivity index (χ0) is 28.1. The monoisotopic (exact) mass is 556 g/mol. The standard InChI is InChI=1S/C38H25N2OP/c41-42(30-13-2-1-3-14-30,35-16-6-10-26-9-4-5-15-32(26)35)31-20-17-27(18-21-31)34-25-29-12-8-24-40-38(29)36-33(34)22-19-28-11-7-23-39-37(28)36/h1-25H. The van der Waals surface area contributed by atoms with Gasteiger partial charge in [0.1, 0.15) is 0 Å². The number of hydrogen-bond acceptors (Lipinski definition) is 3. The van der Waals surface area contributed by atoms with Crippen molar-refractivity contribution >= 4 is 66.4 Å². The van der Waals surface area contributed by atoms with Crippen molar-refractivity contribution in [1.82, 2.24) is 9.97 Å². The molecule has 2 aromatic heterocycles. The molecule has 42 heavy (non-hydrogen) atoms. The smallest absolute Gasteiger partial charge is 0.171 e. The third-order valence-electron chi connectivity index (χ3n) is 8.21. The molecular weight excluding hydrogens is 531 g/mol. The predicted molar refractivity (Wildman–Crippen MR) is 177 cm³/mol. The van der Waals surface area contributed by atoms with E-state index in [4.69, 9.17) is 9.97 Å². The van der Waals surface area contributed by atoms with E-state index in [0.29, 0.717) is 0 Å². The van der Waals surface area contributed by atoms with Crippen LogP contribution in [0, 0.1) is 0 Å². The van der Waals surface area contributed by atoms with Crippen LogP contribution in [0.4, 0.5) is 0 Å². The first-order valence-electron chi connectivity index (χ1n) is 14.0. The molecule has 6 aromatic carbocycles. The molecule has 2 heterocycles. The summed E-state index contributed by atoms with van der Waals surface area (Å²) < 4.78 is 15.4. The van der Waals surface area contributed by atoms with Crippen molar-refractivity contribution in [3.8, 4) is 11.1 Å². The molecule has 1 atom stereocenters. The number of aromatic nitrogens is 2. The molecule has 0 spiro atoms. The van der Waals surface area contributed by atoms with Crippen molar-refractivity contribution in [2.75, 3.05) is 0 Å². The Morgan fingerprint density at radius 2 is 1.12 bits per heavy atom. The molecule has 8 rings (SSSR count). The summed E-state index contributed by atoms with van der Waals surface area (Å²) in [5.74, 6) is 0. The van der Waals surface area contributed by atoms with E-state index in [1.807, 2.05) is 91.3 Å². The van der Waals surface area contributed by atoms with Gasteiger partial charge in [-0.15, -0.1) is 0 Å². The molecule has 0 saturated heterocycles. The first-order chi connectivity index (χ1) is 20.7. The van der Waals surface area contributed by atoms with E-state index < -0.39 is 7.14 Å². The summed E-state index contributed by atoms with van der Waals surface area (Å²) in [6.07, 6.45) is 3.68. The van der Waals surface area contributed by atoms with Gasteiger partial charge in [-0.1, -0.05) is 121 Å². The van der Waals surface area contributed by atoms with Gasteiger partial charge in [0.15, 0.2) is 7.14 Å². The molecule has 4 heteroatoms. The number of benzene rings is 6. The van der Waals surface area contributed by atoms with Crippen LogP contribution in [0.15, 0.2) is 152 Å². The maximum atomic E-state index is 15.4. The Morgan fingerprint density at radius 3 is 1.93 bits per heavy atom. The summed E-state index contributed by atoms with van der Waals surface area (Å²) in [6.45, 7) is 0. The van der Waals surface area contributed by atoms with Crippen LogP contribution in [0.2, 0.25) is 0 Å². The van der Waals surface area contributed by atoms with E-state index in [1.54, 1.807) is 0 Å². The van der Waals surface area contributed by atoms with Gasteiger partial charge in [-0.25, -0.2) is 0 Å². The van der Waals surface area contributed by atoms with Crippen molar-refractivity contribution < 1.29 is 4.57 Å². The van der Waals surface area contributed by atoms with Crippen LogP contribution in [0.3, 0.4) is 0 Å². The van der Waals surface area contributed by atoms with Crippen LogP contribution in [0.25, 0.3) is 54.5 Å². The molecule has 0 aliphatic heterocycles. The van der Waals surface area contributed by atoms with Crippen LogP contribution in [-0.2, 0) is 4.57 Å². The Kier molecular flexibility index (Phi) is 5.73. The number of fused-ring (bicyclic) bond motifs is 6. The van der Waals surface area contributed by atoms with Gasteiger partial charge in [0.25, 0.3) is 0 Å². The van der Waals surface area contributed by atoms with E-state index in [2.05, 4.69) is 60.7 Å². The zero-order valence-electron chi connectivity index (χ0n) is 22.7. The van der Waals surface area contributed by atoms with E-state index in [0.717, 1.165) is 70.4 Å². The van der Waals surface area contributed by atoms with Crippen LogP contribution in [0.5, 0.6) is 0 Å². The topological polar surface area (TPSA) is 42.9 Å². The Bertz CT molecular complexity index is 2310. The predicted octanol–water partition coefficient (Wildman–Crippen LogP) is 8.40. The molecule has 0 aliphatic carbocycles. The molecule has 3 nitrogen and oxygen atoms in total. The number of pyridine rings is 2. The maximum absolute atomic E-state index is 15.4. The van der Waals surface area contributed by atoms with E-state index in [9.17, 15) is 0 Å². The lowest BCUT2D eigenvalue weighted by atomic mass is 9.94. The summed E-state index contributed by atoms with van der Waals surface area (Å²) in [5.41, 5.74) is 4.05. The molecule has 0 saturated carbocycles. The van der Waals surface area contributed by atoms with Crippen LogP contribution < -0.4 is 15.9 Å². The van der Waals surface area contributed by atoms with Crippen molar-refractivity contribution in [2.24, 2.45) is 0 Å². The number of nitrogens with zero attached hydrogens (tertiary/aromatic N) is 2. The molecule has 0 N–H and O–H groups in total. The van der Waals surface area contributed by atoms with Gasteiger partial charge in [-0.2, -0.15) is 0 Å². The molecule has 0 bridgehead atoms. The van der Waals surface area contributed by atoms with Crippen LogP contribution in [0.1, 0.15) is 0 Å². The molecule has 8 aromatic rings. The fourth-order valence-corrected chi connectivity index (χ4v) is 9.08. The Balaban J connectivity index is 1.36. The largest absolute Gasteiger partial charge is 0.309 e. The summed E-state index contributed by atoms with van der Waals surface area (Å²) in [7, 11) is -3.17. The Morgan fingerprint density at radius 1 is 0.476 bits per heavy atom. The molecular formula is C38H25N2OP. The van der Waals surface area contributed by atoms with Crippen LogP contribution >= 0.6 is 7.14 Å². The van der Waals surface area contributed by atoms with Crippen molar-refractivity contribution in [3.05, 3.63) is 152 Å². The molecule has 0 amide bonds. The Hall–Kier alpha value is -5.11. The molecule has 0 radical (unpaired) electrons. The van der Waals surface area contributed by atoms with Gasteiger partial charge < -0.3 is 4.57 Å². The fourth-order valence-electron chi connectivity index (χ4n) is 6.22. The second kappa shape index (κ2) is 9.76. The van der Waals surface area contributed by atoms with E-state index in [-0.39, 0.29) is 0 Å². The molecule has 0 aliphatic rings. The zero-order valence-corrected chi connectivity index (χ0v) is 23.6. The van der Waals surface area contributed by atoms with Crippen molar-refractivity contribution in [2.45, 2.75) is 0 Å². The average molecular weight is 557 g/mol. The quantitative estimate of drug-likeness (QED) is 0.162. The minimum atomic E-state index is -3.17. The highest BCUT2D eigenvalue weighted by Crippen LogP contribution is 2.45. The van der Waals surface area contributed by atoms with Crippen LogP contribution in [-0.4, -0.2) is 9.97 Å². The van der Waals surface area contributed by atoms with Gasteiger partial charge >= 0.3 is 0 Å². The third kappa shape index (κ3) is 3.79. The van der Waals surface area contributed by atoms with Gasteiger partial charge in [0.2, 0.25) is 0 Å². The Labute approximate surface area is 243 Å². The summed E-state index contributed by atoms with van der Waals surface area (Å²) in [5, 5.41) is 8.90. The van der Waals surface area contributed by atoms with Crippen molar-refractivity contribution in [3.63, 3.8) is 0 Å². The minimum absolute atomic E-state index is 0.813. The molecule has 0 fully saturated rings. The SMILES string of the molecule is O=P(c1ccccc1)(c1ccc(-c2cc3cccnc3c3c2ccc2cccnc23)cc1)c1cccc2ccccc12. The van der Waals surface area contributed by atoms with E-state index >= 15 is 4.57 Å². The highest BCUT2D eigenvalue weighted by Gasteiger charge is 2.31. The van der Waals surface area contributed by atoms with Crippen molar-refractivity contribution in [1.29, 1.82) is 0 Å². The lowest BCUT2D eigenvalue weighted by Crippen LogP contribution is -2.25. The minimum Gasteiger partial charge on any atom is -0.309 e.